The maximum atomic E-state index is 11.9. The number of hydrogen-bond acceptors (Lipinski definition) is 3. The van der Waals surface area contributed by atoms with Crippen LogP contribution in [0.15, 0.2) is 24.3 Å². The third kappa shape index (κ3) is 2.68. The molecule has 88 valence electrons. The Hall–Kier alpha value is -1.20. The summed E-state index contributed by atoms with van der Waals surface area (Å²) in [5.41, 5.74) is 3.76. The third-order valence-electron chi connectivity index (χ3n) is 2.74. The minimum Gasteiger partial charge on any atom is -0.435 e. The second-order valence-electron chi connectivity index (χ2n) is 3.93. The van der Waals surface area contributed by atoms with E-state index < -0.39 is 6.61 Å². The van der Waals surface area contributed by atoms with Gasteiger partial charge in [0.2, 0.25) is 0 Å². The van der Waals surface area contributed by atoms with Gasteiger partial charge in [0, 0.05) is 6.04 Å². The van der Waals surface area contributed by atoms with Gasteiger partial charge in [-0.2, -0.15) is 8.78 Å². The molecule has 1 unspecified atom stereocenters. The van der Waals surface area contributed by atoms with Crippen LogP contribution < -0.4 is 16.0 Å². The van der Waals surface area contributed by atoms with Gasteiger partial charge < -0.3 is 4.74 Å². The van der Waals surface area contributed by atoms with E-state index in [1.807, 2.05) is 0 Å². The summed E-state index contributed by atoms with van der Waals surface area (Å²) in [6.45, 7) is -2.78. The van der Waals surface area contributed by atoms with Crippen LogP contribution >= 0.6 is 0 Å². The van der Waals surface area contributed by atoms with Crippen molar-refractivity contribution in [2.75, 3.05) is 0 Å². The first-order valence-electron chi connectivity index (χ1n) is 5.21. The van der Waals surface area contributed by atoms with Gasteiger partial charge in [-0.15, -0.1) is 0 Å². The first kappa shape index (κ1) is 11.3. The van der Waals surface area contributed by atoms with Gasteiger partial charge in [-0.05, 0) is 36.5 Å². The largest absolute Gasteiger partial charge is 0.435 e. The van der Waals surface area contributed by atoms with Crippen molar-refractivity contribution in [2.24, 2.45) is 11.8 Å². The summed E-state index contributed by atoms with van der Waals surface area (Å²) in [5.74, 6) is 6.20. The van der Waals surface area contributed by atoms with Gasteiger partial charge in [-0.3, -0.25) is 11.3 Å². The van der Waals surface area contributed by atoms with Crippen molar-refractivity contribution in [3.63, 3.8) is 0 Å². The lowest BCUT2D eigenvalue weighted by atomic mass is 10.0. The van der Waals surface area contributed by atoms with E-state index in [2.05, 4.69) is 10.2 Å². The quantitative estimate of drug-likeness (QED) is 0.600. The minimum absolute atomic E-state index is 0.112. The fraction of sp³-hybridized carbons (Fsp3) is 0.455. The van der Waals surface area contributed by atoms with Crippen molar-refractivity contribution < 1.29 is 13.5 Å². The van der Waals surface area contributed by atoms with E-state index in [-0.39, 0.29) is 11.8 Å². The molecule has 16 heavy (non-hydrogen) atoms. The third-order valence-corrected chi connectivity index (χ3v) is 2.74. The Labute approximate surface area is 92.6 Å². The van der Waals surface area contributed by atoms with Crippen molar-refractivity contribution in [2.45, 2.75) is 25.5 Å². The van der Waals surface area contributed by atoms with E-state index in [4.69, 9.17) is 5.84 Å². The topological polar surface area (TPSA) is 47.3 Å². The molecule has 2 rings (SSSR count). The van der Waals surface area contributed by atoms with Crippen molar-refractivity contribution >= 4 is 0 Å². The summed E-state index contributed by atoms with van der Waals surface area (Å²) in [4.78, 5) is 0. The van der Waals surface area contributed by atoms with Gasteiger partial charge in [0.15, 0.2) is 0 Å². The molecule has 1 saturated carbocycles. The molecule has 1 aliphatic rings. The lowest BCUT2D eigenvalue weighted by Gasteiger charge is -2.15. The first-order chi connectivity index (χ1) is 7.70. The maximum absolute atomic E-state index is 11.9. The first-order valence-corrected chi connectivity index (χ1v) is 5.21. The number of ether oxygens (including phenoxy) is 1. The maximum Gasteiger partial charge on any atom is 0.387 e. The molecule has 3 N–H and O–H groups in total. The SMILES string of the molecule is NNC(c1ccc(OC(F)F)cc1)C1CC1. The summed E-state index contributed by atoms with van der Waals surface area (Å²) < 4.78 is 28.1. The van der Waals surface area contributed by atoms with Gasteiger partial charge in [0.05, 0.1) is 0 Å². The van der Waals surface area contributed by atoms with E-state index in [0.29, 0.717) is 5.92 Å². The van der Waals surface area contributed by atoms with E-state index >= 15 is 0 Å². The van der Waals surface area contributed by atoms with E-state index in [1.54, 1.807) is 12.1 Å². The summed E-state index contributed by atoms with van der Waals surface area (Å²) in [6, 6.07) is 6.71. The zero-order valence-corrected chi connectivity index (χ0v) is 8.70. The van der Waals surface area contributed by atoms with Gasteiger partial charge in [-0.25, -0.2) is 0 Å². The average Bonchev–Trinajstić information content (AvgIpc) is 3.05. The molecular formula is C11H14F2N2O. The summed E-state index contributed by atoms with van der Waals surface area (Å²) in [5, 5.41) is 0. The molecule has 0 aliphatic heterocycles. The highest BCUT2D eigenvalue weighted by atomic mass is 19.3. The van der Waals surface area contributed by atoms with E-state index in [1.165, 1.54) is 12.1 Å². The molecule has 1 aromatic carbocycles. The zero-order chi connectivity index (χ0) is 11.5. The Morgan fingerprint density at radius 2 is 1.88 bits per heavy atom. The highest BCUT2D eigenvalue weighted by molar-refractivity contribution is 5.30. The van der Waals surface area contributed by atoms with Gasteiger partial charge in [0.1, 0.15) is 5.75 Å². The van der Waals surface area contributed by atoms with Crippen LogP contribution in [0.5, 0.6) is 5.75 Å². The molecule has 1 aliphatic carbocycles. The molecule has 0 aromatic heterocycles. The Bertz CT molecular complexity index is 338. The average molecular weight is 228 g/mol. The predicted molar refractivity (Wildman–Crippen MR) is 55.9 cm³/mol. The van der Waals surface area contributed by atoms with Crippen molar-refractivity contribution in [1.82, 2.24) is 5.43 Å². The standard InChI is InChI=1S/C11H14F2N2O/c12-11(13)16-9-5-3-8(4-6-9)10(15-14)7-1-2-7/h3-7,10-11,15H,1-2,14H2. The Morgan fingerprint density at radius 1 is 1.25 bits per heavy atom. The molecule has 1 fully saturated rings. The smallest absolute Gasteiger partial charge is 0.387 e. The summed E-state index contributed by atoms with van der Waals surface area (Å²) >= 11 is 0. The normalized spacial score (nSPS) is 17.5. The van der Waals surface area contributed by atoms with Gasteiger partial charge >= 0.3 is 6.61 Å². The molecule has 5 heteroatoms. The van der Waals surface area contributed by atoms with Gasteiger partial charge in [-0.1, -0.05) is 12.1 Å². The van der Waals surface area contributed by atoms with E-state index in [9.17, 15) is 8.78 Å². The molecule has 0 radical (unpaired) electrons. The zero-order valence-electron chi connectivity index (χ0n) is 8.70. The molecular weight excluding hydrogens is 214 g/mol. The second kappa shape index (κ2) is 4.76. The van der Waals surface area contributed by atoms with Gasteiger partial charge in [0.25, 0.3) is 0 Å². The fourth-order valence-corrected chi connectivity index (χ4v) is 1.79. The number of halogens is 2. The number of nitrogens with one attached hydrogen (secondary N) is 1. The van der Waals surface area contributed by atoms with Crippen molar-refractivity contribution in [3.05, 3.63) is 29.8 Å². The molecule has 0 saturated heterocycles. The molecule has 3 nitrogen and oxygen atoms in total. The number of hydrogen-bond donors (Lipinski definition) is 2. The molecule has 1 atom stereocenters. The minimum atomic E-state index is -2.78. The van der Waals surface area contributed by atoms with Crippen LogP contribution in [0.2, 0.25) is 0 Å². The lowest BCUT2D eigenvalue weighted by Crippen LogP contribution is -2.29. The van der Waals surface area contributed by atoms with E-state index in [0.717, 1.165) is 18.4 Å². The van der Waals surface area contributed by atoms with Crippen LogP contribution in [0.25, 0.3) is 0 Å². The Morgan fingerprint density at radius 3 is 2.31 bits per heavy atom. The van der Waals surface area contributed by atoms with Crippen LogP contribution in [0.1, 0.15) is 24.4 Å². The molecule has 0 bridgehead atoms. The molecule has 0 spiro atoms. The number of nitrogens with two attached hydrogens (primary N) is 1. The highest BCUT2D eigenvalue weighted by Crippen LogP contribution is 2.40. The second-order valence-corrected chi connectivity index (χ2v) is 3.93. The predicted octanol–water partition coefficient (Wildman–Crippen LogP) is 2.20. The number of benzene rings is 1. The summed E-state index contributed by atoms with van der Waals surface area (Å²) in [6.07, 6.45) is 2.31. The highest BCUT2D eigenvalue weighted by Gasteiger charge is 2.31. The van der Waals surface area contributed by atoms with Crippen molar-refractivity contribution in [3.8, 4) is 5.75 Å². The van der Waals surface area contributed by atoms with Crippen LogP contribution in [-0.4, -0.2) is 6.61 Å². The fourth-order valence-electron chi connectivity index (χ4n) is 1.79. The molecule has 1 aromatic rings. The molecule has 0 amide bonds. The number of rotatable bonds is 5. The van der Waals surface area contributed by atoms with Crippen LogP contribution in [0.3, 0.4) is 0 Å². The Balaban J connectivity index is 2.05. The van der Waals surface area contributed by atoms with Crippen LogP contribution in [0.4, 0.5) is 8.78 Å². The Kier molecular flexibility index (Phi) is 3.36. The van der Waals surface area contributed by atoms with Crippen LogP contribution in [0, 0.1) is 5.92 Å². The van der Waals surface area contributed by atoms with Crippen molar-refractivity contribution in [1.29, 1.82) is 0 Å². The number of alkyl halides is 2. The monoisotopic (exact) mass is 228 g/mol. The lowest BCUT2D eigenvalue weighted by molar-refractivity contribution is -0.0498. The summed E-state index contributed by atoms with van der Waals surface area (Å²) in [7, 11) is 0. The van der Waals surface area contributed by atoms with Crippen LogP contribution in [-0.2, 0) is 0 Å². The molecule has 0 heterocycles. The number of hydrazine groups is 1.